The summed E-state index contributed by atoms with van der Waals surface area (Å²) in [5.41, 5.74) is 5.27. The molecule has 0 saturated carbocycles. The quantitative estimate of drug-likeness (QED) is 0.636. The molecule has 0 radical (unpaired) electrons. The van der Waals surface area contributed by atoms with Gasteiger partial charge in [-0.25, -0.2) is 0 Å². The van der Waals surface area contributed by atoms with Crippen LogP contribution in [0.1, 0.15) is 26.7 Å². The minimum absolute atomic E-state index is 0.143. The van der Waals surface area contributed by atoms with Crippen LogP contribution in [0.25, 0.3) is 0 Å². The second-order valence-corrected chi connectivity index (χ2v) is 4.40. The predicted octanol–water partition coefficient (Wildman–Crippen LogP) is -0.292. The van der Waals surface area contributed by atoms with Gasteiger partial charge in [0.05, 0.1) is 0 Å². The lowest BCUT2D eigenvalue weighted by Gasteiger charge is -2.37. The van der Waals surface area contributed by atoms with E-state index in [0.717, 1.165) is 12.8 Å². The third kappa shape index (κ3) is 2.95. The van der Waals surface area contributed by atoms with Crippen molar-refractivity contribution in [3.8, 4) is 0 Å². The first kappa shape index (κ1) is 13.0. The fourth-order valence-corrected chi connectivity index (χ4v) is 2.01. The Morgan fingerprint density at radius 3 is 2.75 bits per heavy atom. The second kappa shape index (κ2) is 5.84. The SMILES string of the molecule is CC1CCCN(C(=O)C(=O)NCCN)C1C. The Hall–Kier alpha value is -1.10. The standard InChI is InChI=1S/C11H21N3O2/c1-8-4-3-7-14(9(8)2)11(16)10(15)13-6-5-12/h8-9H,3-7,12H2,1-2H3,(H,13,15). The highest BCUT2D eigenvalue weighted by molar-refractivity contribution is 6.35. The van der Waals surface area contributed by atoms with E-state index in [0.29, 0.717) is 25.6 Å². The van der Waals surface area contributed by atoms with Crippen LogP contribution in [-0.4, -0.2) is 42.4 Å². The first-order valence-electron chi connectivity index (χ1n) is 5.86. The van der Waals surface area contributed by atoms with Gasteiger partial charge in [0, 0.05) is 25.7 Å². The average molecular weight is 227 g/mol. The van der Waals surface area contributed by atoms with Crippen molar-refractivity contribution in [2.24, 2.45) is 11.7 Å². The maximum Gasteiger partial charge on any atom is 0.312 e. The van der Waals surface area contributed by atoms with E-state index in [9.17, 15) is 9.59 Å². The molecule has 3 N–H and O–H groups in total. The van der Waals surface area contributed by atoms with Gasteiger partial charge in [0.1, 0.15) is 0 Å². The van der Waals surface area contributed by atoms with E-state index in [1.165, 1.54) is 0 Å². The molecule has 1 rings (SSSR count). The molecule has 0 aromatic heterocycles. The summed E-state index contributed by atoms with van der Waals surface area (Å²) >= 11 is 0. The van der Waals surface area contributed by atoms with Crippen molar-refractivity contribution in [3.63, 3.8) is 0 Å². The summed E-state index contributed by atoms with van der Waals surface area (Å²) in [7, 11) is 0. The Labute approximate surface area is 96.4 Å². The summed E-state index contributed by atoms with van der Waals surface area (Å²) in [4.78, 5) is 25.0. The molecule has 1 aliphatic heterocycles. The Morgan fingerprint density at radius 1 is 1.44 bits per heavy atom. The van der Waals surface area contributed by atoms with Crippen LogP contribution < -0.4 is 11.1 Å². The molecule has 16 heavy (non-hydrogen) atoms. The van der Waals surface area contributed by atoms with Crippen LogP contribution in [0, 0.1) is 5.92 Å². The number of piperidine rings is 1. The molecule has 0 spiro atoms. The minimum Gasteiger partial charge on any atom is -0.347 e. The maximum atomic E-state index is 11.8. The minimum atomic E-state index is -0.536. The summed E-state index contributed by atoms with van der Waals surface area (Å²) in [5.74, 6) is -0.501. The number of nitrogens with zero attached hydrogens (tertiary/aromatic N) is 1. The van der Waals surface area contributed by atoms with Crippen molar-refractivity contribution in [1.82, 2.24) is 10.2 Å². The van der Waals surface area contributed by atoms with E-state index in [2.05, 4.69) is 12.2 Å². The molecule has 0 bridgehead atoms. The molecule has 0 aromatic rings. The van der Waals surface area contributed by atoms with Gasteiger partial charge in [-0.1, -0.05) is 6.92 Å². The molecule has 2 atom stereocenters. The lowest BCUT2D eigenvalue weighted by Crippen LogP contribution is -2.51. The number of carbonyl (C=O) groups is 2. The van der Waals surface area contributed by atoms with E-state index in [4.69, 9.17) is 5.73 Å². The summed E-state index contributed by atoms with van der Waals surface area (Å²) in [5, 5.41) is 2.51. The summed E-state index contributed by atoms with van der Waals surface area (Å²) in [6.07, 6.45) is 2.09. The number of hydrogen-bond acceptors (Lipinski definition) is 3. The van der Waals surface area contributed by atoms with E-state index in [1.54, 1.807) is 4.90 Å². The lowest BCUT2D eigenvalue weighted by atomic mass is 9.92. The van der Waals surface area contributed by atoms with Gasteiger partial charge in [-0.3, -0.25) is 9.59 Å². The second-order valence-electron chi connectivity index (χ2n) is 4.40. The maximum absolute atomic E-state index is 11.8. The Kier molecular flexibility index (Phi) is 4.73. The largest absolute Gasteiger partial charge is 0.347 e. The third-order valence-corrected chi connectivity index (χ3v) is 3.26. The number of likely N-dealkylation sites (tertiary alicyclic amines) is 1. The number of amides is 2. The van der Waals surface area contributed by atoms with Crippen molar-refractivity contribution in [3.05, 3.63) is 0 Å². The third-order valence-electron chi connectivity index (χ3n) is 3.26. The highest BCUT2D eigenvalue weighted by Gasteiger charge is 2.31. The Bertz CT molecular complexity index is 268. The number of nitrogens with two attached hydrogens (primary N) is 1. The molecule has 2 unspecified atom stereocenters. The normalized spacial score (nSPS) is 25.3. The van der Waals surface area contributed by atoms with Crippen LogP contribution in [0.15, 0.2) is 0 Å². The van der Waals surface area contributed by atoms with Crippen molar-refractivity contribution in [1.29, 1.82) is 0 Å². The first-order valence-corrected chi connectivity index (χ1v) is 5.86. The Morgan fingerprint density at radius 2 is 2.12 bits per heavy atom. The molecule has 1 aliphatic rings. The van der Waals surface area contributed by atoms with Gasteiger partial charge in [-0.05, 0) is 25.7 Å². The Balaban J connectivity index is 2.55. The lowest BCUT2D eigenvalue weighted by molar-refractivity contribution is -0.148. The van der Waals surface area contributed by atoms with Gasteiger partial charge >= 0.3 is 11.8 Å². The fraction of sp³-hybridized carbons (Fsp3) is 0.818. The van der Waals surface area contributed by atoms with Gasteiger partial charge in [-0.2, -0.15) is 0 Å². The summed E-state index contributed by atoms with van der Waals surface area (Å²) in [6, 6.07) is 0.143. The summed E-state index contributed by atoms with van der Waals surface area (Å²) in [6.45, 7) is 5.49. The van der Waals surface area contributed by atoms with Crippen LogP contribution >= 0.6 is 0 Å². The number of rotatable bonds is 2. The number of carbonyl (C=O) groups excluding carboxylic acids is 2. The van der Waals surface area contributed by atoms with Crippen LogP contribution in [-0.2, 0) is 9.59 Å². The van der Waals surface area contributed by atoms with Crippen molar-refractivity contribution in [2.75, 3.05) is 19.6 Å². The zero-order valence-corrected chi connectivity index (χ0v) is 10.0. The molecule has 92 valence electrons. The highest BCUT2D eigenvalue weighted by Crippen LogP contribution is 2.22. The van der Waals surface area contributed by atoms with Crippen molar-refractivity contribution in [2.45, 2.75) is 32.7 Å². The molecule has 2 amide bonds. The van der Waals surface area contributed by atoms with Crippen LogP contribution in [0.3, 0.4) is 0 Å². The van der Waals surface area contributed by atoms with Crippen LogP contribution in [0.2, 0.25) is 0 Å². The number of nitrogens with one attached hydrogen (secondary N) is 1. The predicted molar refractivity (Wildman–Crippen MR) is 61.6 cm³/mol. The zero-order chi connectivity index (χ0) is 12.1. The molecular formula is C11H21N3O2. The van der Waals surface area contributed by atoms with Gasteiger partial charge < -0.3 is 16.0 Å². The van der Waals surface area contributed by atoms with E-state index >= 15 is 0 Å². The average Bonchev–Trinajstić information content (AvgIpc) is 2.28. The van der Waals surface area contributed by atoms with E-state index < -0.39 is 11.8 Å². The molecule has 0 aliphatic carbocycles. The van der Waals surface area contributed by atoms with Gasteiger partial charge in [0.25, 0.3) is 0 Å². The van der Waals surface area contributed by atoms with E-state index in [1.807, 2.05) is 6.92 Å². The monoisotopic (exact) mass is 227 g/mol. The molecule has 1 saturated heterocycles. The fourth-order valence-electron chi connectivity index (χ4n) is 2.01. The smallest absolute Gasteiger partial charge is 0.312 e. The molecule has 5 heteroatoms. The van der Waals surface area contributed by atoms with Crippen molar-refractivity contribution >= 4 is 11.8 Å². The summed E-state index contributed by atoms with van der Waals surface area (Å²) < 4.78 is 0. The first-order chi connectivity index (χ1) is 7.57. The molecular weight excluding hydrogens is 206 g/mol. The number of hydrogen-bond donors (Lipinski definition) is 2. The van der Waals surface area contributed by atoms with Crippen molar-refractivity contribution < 1.29 is 9.59 Å². The highest BCUT2D eigenvalue weighted by atomic mass is 16.2. The molecule has 1 fully saturated rings. The molecule has 5 nitrogen and oxygen atoms in total. The van der Waals surface area contributed by atoms with Gasteiger partial charge in [0.15, 0.2) is 0 Å². The van der Waals surface area contributed by atoms with Gasteiger partial charge in [-0.15, -0.1) is 0 Å². The van der Waals surface area contributed by atoms with Crippen LogP contribution in [0.5, 0.6) is 0 Å². The van der Waals surface area contributed by atoms with Gasteiger partial charge in [0.2, 0.25) is 0 Å². The zero-order valence-electron chi connectivity index (χ0n) is 10.0. The molecule has 0 aromatic carbocycles. The van der Waals surface area contributed by atoms with Crippen LogP contribution in [0.4, 0.5) is 0 Å². The molecule has 1 heterocycles. The topological polar surface area (TPSA) is 75.4 Å². The van der Waals surface area contributed by atoms with E-state index in [-0.39, 0.29) is 6.04 Å².